The molecule has 0 bridgehead atoms. The number of halogens is 1. The van der Waals surface area contributed by atoms with E-state index in [-0.39, 0.29) is 0 Å². The van der Waals surface area contributed by atoms with E-state index < -0.39 is 0 Å². The van der Waals surface area contributed by atoms with E-state index in [1.165, 1.54) is 0 Å². The van der Waals surface area contributed by atoms with Crippen LogP contribution >= 0.6 is 11.6 Å². The predicted octanol–water partition coefficient (Wildman–Crippen LogP) is 2.91. The number of benzene rings is 1. The molecule has 0 aliphatic heterocycles. The minimum Gasteiger partial charge on any atom is -0.372 e. The van der Waals surface area contributed by atoms with E-state index in [1.54, 1.807) is 6.20 Å². The molecule has 2 rings (SSSR count). The highest BCUT2D eigenvalue weighted by atomic mass is 35.5. The SMILES string of the molecule is NCc1ncccc1COCc1ccccc1Cl. The molecule has 4 heteroatoms. The molecule has 1 aromatic heterocycles. The zero-order chi connectivity index (χ0) is 12.8. The molecule has 0 radical (unpaired) electrons. The average Bonchev–Trinajstić information content (AvgIpc) is 2.41. The molecule has 0 aliphatic rings. The van der Waals surface area contributed by atoms with E-state index in [0.717, 1.165) is 21.8 Å². The van der Waals surface area contributed by atoms with Gasteiger partial charge in [-0.05, 0) is 17.7 Å². The Morgan fingerprint density at radius 2 is 1.78 bits per heavy atom. The highest BCUT2D eigenvalue weighted by molar-refractivity contribution is 6.31. The van der Waals surface area contributed by atoms with Crippen LogP contribution in [0.2, 0.25) is 5.02 Å². The Balaban J connectivity index is 1.95. The van der Waals surface area contributed by atoms with Crippen molar-refractivity contribution in [1.82, 2.24) is 4.98 Å². The first-order valence-corrected chi connectivity index (χ1v) is 6.13. The zero-order valence-corrected chi connectivity index (χ0v) is 10.7. The van der Waals surface area contributed by atoms with Gasteiger partial charge in [-0.15, -0.1) is 0 Å². The number of nitrogens with zero attached hydrogens (tertiary/aromatic N) is 1. The van der Waals surface area contributed by atoms with Crippen LogP contribution in [0.1, 0.15) is 16.8 Å². The van der Waals surface area contributed by atoms with E-state index in [1.807, 2.05) is 36.4 Å². The molecule has 94 valence electrons. The van der Waals surface area contributed by atoms with Crippen molar-refractivity contribution in [3.63, 3.8) is 0 Å². The number of nitrogens with two attached hydrogens (primary N) is 1. The smallest absolute Gasteiger partial charge is 0.0739 e. The van der Waals surface area contributed by atoms with Gasteiger partial charge in [0.1, 0.15) is 0 Å². The molecule has 0 fully saturated rings. The lowest BCUT2D eigenvalue weighted by Gasteiger charge is -2.08. The maximum absolute atomic E-state index is 6.05. The molecule has 3 nitrogen and oxygen atoms in total. The highest BCUT2D eigenvalue weighted by Gasteiger charge is 2.03. The molecule has 0 saturated heterocycles. The minimum atomic E-state index is 0.422. The normalized spacial score (nSPS) is 10.6. The van der Waals surface area contributed by atoms with Gasteiger partial charge in [0, 0.05) is 23.3 Å². The third kappa shape index (κ3) is 3.29. The largest absolute Gasteiger partial charge is 0.372 e. The van der Waals surface area contributed by atoms with E-state index in [4.69, 9.17) is 22.1 Å². The van der Waals surface area contributed by atoms with E-state index in [2.05, 4.69) is 4.98 Å². The van der Waals surface area contributed by atoms with Crippen LogP contribution in [0.25, 0.3) is 0 Å². The monoisotopic (exact) mass is 262 g/mol. The molecule has 0 aliphatic carbocycles. The Kier molecular flexibility index (Phi) is 4.70. The number of hydrogen-bond donors (Lipinski definition) is 1. The van der Waals surface area contributed by atoms with Crippen molar-refractivity contribution in [3.05, 3.63) is 64.4 Å². The Hall–Kier alpha value is -1.42. The molecule has 0 amide bonds. The van der Waals surface area contributed by atoms with Crippen LogP contribution in [0.15, 0.2) is 42.6 Å². The van der Waals surface area contributed by atoms with Crippen molar-refractivity contribution >= 4 is 11.6 Å². The summed E-state index contributed by atoms with van der Waals surface area (Å²) in [5.41, 5.74) is 8.49. The van der Waals surface area contributed by atoms with Gasteiger partial charge in [0.05, 0.1) is 18.9 Å². The van der Waals surface area contributed by atoms with Crippen LogP contribution in [0.3, 0.4) is 0 Å². The summed E-state index contributed by atoms with van der Waals surface area (Å²) in [6, 6.07) is 11.5. The van der Waals surface area contributed by atoms with Crippen molar-refractivity contribution in [2.24, 2.45) is 5.73 Å². The van der Waals surface area contributed by atoms with E-state index >= 15 is 0 Å². The number of aromatic nitrogens is 1. The maximum Gasteiger partial charge on any atom is 0.0739 e. The third-order valence-corrected chi connectivity index (χ3v) is 3.02. The third-order valence-electron chi connectivity index (χ3n) is 2.65. The number of hydrogen-bond acceptors (Lipinski definition) is 3. The van der Waals surface area contributed by atoms with Crippen molar-refractivity contribution in [3.8, 4) is 0 Å². The van der Waals surface area contributed by atoms with Gasteiger partial charge < -0.3 is 10.5 Å². The Labute approximate surface area is 112 Å². The van der Waals surface area contributed by atoms with Gasteiger partial charge in [-0.1, -0.05) is 35.9 Å². The lowest BCUT2D eigenvalue weighted by Crippen LogP contribution is -2.05. The Morgan fingerprint density at radius 1 is 1.06 bits per heavy atom. The van der Waals surface area contributed by atoms with E-state index in [0.29, 0.717) is 19.8 Å². The highest BCUT2D eigenvalue weighted by Crippen LogP contribution is 2.16. The zero-order valence-electron chi connectivity index (χ0n) is 9.97. The van der Waals surface area contributed by atoms with Crippen LogP contribution in [0, 0.1) is 0 Å². The summed E-state index contributed by atoms with van der Waals surface area (Å²) < 4.78 is 5.65. The van der Waals surface area contributed by atoms with Gasteiger partial charge in [-0.2, -0.15) is 0 Å². The number of rotatable bonds is 5. The second-order valence-corrected chi connectivity index (χ2v) is 4.30. The predicted molar refractivity (Wildman–Crippen MR) is 72.1 cm³/mol. The van der Waals surface area contributed by atoms with Gasteiger partial charge >= 0.3 is 0 Å². The van der Waals surface area contributed by atoms with Crippen molar-refractivity contribution in [2.45, 2.75) is 19.8 Å². The molecular weight excluding hydrogens is 248 g/mol. The first-order chi connectivity index (χ1) is 8.81. The van der Waals surface area contributed by atoms with Gasteiger partial charge in [0.2, 0.25) is 0 Å². The topological polar surface area (TPSA) is 48.1 Å². The van der Waals surface area contributed by atoms with E-state index in [9.17, 15) is 0 Å². The molecule has 1 aromatic carbocycles. The Morgan fingerprint density at radius 3 is 2.56 bits per heavy atom. The van der Waals surface area contributed by atoms with Crippen LogP contribution in [-0.4, -0.2) is 4.98 Å². The molecule has 0 atom stereocenters. The second kappa shape index (κ2) is 6.50. The first kappa shape index (κ1) is 13.0. The van der Waals surface area contributed by atoms with Crippen molar-refractivity contribution in [2.75, 3.05) is 0 Å². The Bertz CT molecular complexity index is 517. The standard InChI is InChI=1S/C14H15ClN2O/c15-13-6-2-1-4-11(13)9-18-10-12-5-3-7-17-14(12)8-16/h1-7H,8-10,16H2. The molecule has 0 spiro atoms. The molecule has 2 aromatic rings. The first-order valence-electron chi connectivity index (χ1n) is 5.75. The van der Waals surface area contributed by atoms with Crippen molar-refractivity contribution in [1.29, 1.82) is 0 Å². The lowest BCUT2D eigenvalue weighted by atomic mass is 10.2. The van der Waals surface area contributed by atoms with Crippen LogP contribution in [-0.2, 0) is 24.5 Å². The summed E-state index contributed by atoms with van der Waals surface area (Å²) in [6.07, 6.45) is 1.74. The van der Waals surface area contributed by atoms with Crippen LogP contribution < -0.4 is 5.73 Å². The van der Waals surface area contributed by atoms with Gasteiger partial charge in [-0.3, -0.25) is 4.98 Å². The molecule has 18 heavy (non-hydrogen) atoms. The molecule has 0 unspecified atom stereocenters. The molecule has 2 N–H and O–H groups in total. The van der Waals surface area contributed by atoms with Gasteiger partial charge in [0.25, 0.3) is 0 Å². The lowest BCUT2D eigenvalue weighted by molar-refractivity contribution is 0.106. The molecule has 0 saturated carbocycles. The fraction of sp³-hybridized carbons (Fsp3) is 0.214. The molecular formula is C14H15ClN2O. The summed E-state index contributed by atoms with van der Waals surface area (Å²) in [7, 11) is 0. The summed E-state index contributed by atoms with van der Waals surface area (Å²) in [4.78, 5) is 4.21. The van der Waals surface area contributed by atoms with Gasteiger partial charge in [0.15, 0.2) is 0 Å². The van der Waals surface area contributed by atoms with Crippen molar-refractivity contribution < 1.29 is 4.74 Å². The molecule has 1 heterocycles. The minimum absolute atomic E-state index is 0.422. The second-order valence-electron chi connectivity index (χ2n) is 3.90. The maximum atomic E-state index is 6.05. The summed E-state index contributed by atoms with van der Waals surface area (Å²) in [6.45, 7) is 1.40. The quantitative estimate of drug-likeness (QED) is 0.901. The average molecular weight is 263 g/mol. The fourth-order valence-corrected chi connectivity index (χ4v) is 1.86. The summed E-state index contributed by atoms with van der Waals surface area (Å²) in [5, 5.41) is 0.725. The fourth-order valence-electron chi connectivity index (χ4n) is 1.67. The summed E-state index contributed by atoms with van der Waals surface area (Å²) >= 11 is 6.05. The number of ether oxygens (including phenoxy) is 1. The van der Waals surface area contributed by atoms with Crippen LogP contribution in [0.5, 0.6) is 0 Å². The summed E-state index contributed by atoms with van der Waals surface area (Å²) in [5.74, 6) is 0. The van der Waals surface area contributed by atoms with Gasteiger partial charge in [-0.25, -0.2) is 0 Å². The van der Waals surface area contributed by atoms with Crippen LogP contribution in [0.4, 0.5) is 0 Å². The number of pyridine rings is 1.